The molecule has 9 nitrogen and oxygen atoms in total. The van der Waals surface area contributed by atoms with E-state index in [1.807, 2.05) is 12.1 Å². The Morgan fingerprint density at radius 2 is 1.86 bits per heavy atom. The zero-order chi connectivity index (χ0) is 23.9. The Labute approximate surface area is 200 Å². The topological polar surface area (TPSA) is 88.5 Å². The maximum Gasteiger partial charge on any atom is 0.273 e. The fourth-order valence-corrected chi connectivity index (χ4v) is 4.72. The molecule has 2 aliphatic rings. The molecule has 2 aromatic carbocycles. The summed E-state index contributed by atoms with van der Waals surface area (Å²) in [6.45, 7) is 5.69. The lowest BCUT2D eigenvalue weighted by atomic mass is 10.1. The van der Waals surface area contributed by atoms with Gasteiger partial charge in [-0.25, -0.2) is 4.39 Å². The van der Waals surface area contributed by atoms with Crippen LogP contribution in [0.25, 0.3) is 28.0 Å². The number of hydrogen-bond donors (Lipinski definition) is 1. The fourth-order valence-electron chi connectivity index (χ4n) is 4.72. The number of aromatic nitrogens is 4. The van der Waals surface area contributed by atoms with Crippen molar-refractivity contribution in [3.63, 3.8) is 0 Å². The van der Waals surface area contributed by atoms with Gasteiger partial charge in [0.05, 0.1) is 31.9 Å². The van der Waals surface area contributed by atoms with Crippen LogP contribution in [0.4, 0.5) is 10.1 Å². The third kappa shape index (κ3) is 3.84. The van der Waals surface area contributed by atoms with E-state index in [-0.39, 0.29) is 11.4 Å². The molecule has 0 spiro atoms. The van der Waals surface area contributed by atoms with Gasteiger partial charge in [-0.15, -0.1) is 0 Å². The van der Waals surface area contributed by atoms with E-state index < -0.39 is 11.4 Å². The number of fused-ring (bicyclic) bond motifs is 1. The normalized spacial score (nSPS) is 17.0. The number of H-pyrrole nitrogens is 1. The van der Waals surface area contributed by atoms with Crippen molar-refractivity contribution in [2.24, 2.45) is 0 Å². The molecule has 0 atom stereocenters. The van der Waals surface area contributed by atoms with E-state index in [4.69, 9.17) is 9.47 Å². The zero-order valence-corrected chi connectivity index (χ0v) is 19.3. The summed E-state index contributed by atoms with van der Waals surface area (Å²) in [4.78, 5) is 17.6. The van der Waals surface area contributed by atoms with Crippen molar-refractivity contribution in [3.05, 3.63) is 64.7 Å². The summed E-state index contributed by atoms with van der Waals surface area (Å²) in [6, 6.07) is 14.5. The molecular weight excluding hydrogens is 451 g/mol. The molecule has 0 saturated carbocycles. The van der Waals surface area contributed by atoms with Crippen molar-refractivity contribution in [2.45, 2.75) is 6.04 Å². The monoisotopic (exact) mass is 476 g/mol. The second-order valence-electron chi connectivity index (χ2n) is 8.78. The van der Waals surface area contributed by atoms with Gasteiger partial charge in [0.1, 0.15) is 22.6 Å². The van der Waals surface area contributed by atoms with E-state index in [9.17, 15) is 9.18 Å². The molecule has 0 unspecified atom stereocenters. The number of anilines is 1. The van der Waals surface area contributed by atoms with Gasteiger partial charge in [0.25, 0.3) is 5.56 Å². The lowest BCUT2D eigenvalue weighted by molar-refractivity contribution is -0.0660. The van der Waals surface area contributed by atoms with Gasteiger partial charge in [0.15, 0.2) is 5.82 Å². The first-order valence-electron chi connectivity index (χ1n) is 11.6. The number of methoxy groups -OCH3 is 1. The van der Waals surface area contributed by atoms with Gasteiger partial charge in [-0.3, -0.25) is 14.8 Å². The number of ether oxygens (including phenoxy) is 2. The highest BCUT2D eigenvalue weighted by Crippen LogP contribution is 2.29. The fraction of sp³-hybridized carbons (Fsp3) is 0.320. The summed E-state index contributed by atoms with van der Waals surface area (Å²) in [7, 11) is 1.42. The minimum Gasteiger partial charge on any atom is -0.494 e. The molecular formula is C25H25FN6O3. The molecule has 0 aliphatic carbocycles. The quantitative estimate of drug-likeness (QED) is 0.473. The molecule has 180 valence electrons. The summed E-state index contributed by atoms with van der Waals surface area (Å²) in [5.74, 6) is -0.379. The molecule has 35 heavy (non-hydrogen) atoms. The van der Waals surface area contributed by atoms with Crippen LogP contribution >= 0.6 is 0 Å². The lowest BCUT2D eigenvalue weighted by Gasteiger charge is -2.43. The Hall–Kier alpha value is -3.76. The maximum absolute atomic E-state index is 14.6. The number of nitrogens with one attached hydrogen (secondary N) is 1. The van der Waals surface area contributed by atoms with Gasteiger partial charge in [0, 0.05) is 43.5 Å². The van der Waals surface area contributed by atoms with E-state index >= 15 is 0 Å². The van der Waals surface area contributed by atoms with Gasteiger partial charge < -0.3 is 14.4 Å². The average molecular weight is 477 g/mol. The van der Waals surface area contributed by atoms with Crippen molar-refractivity contribution in [1.82, 2.24) is 24.9 Å². The number of piperazine rings is 1. The van der Waals surface area contributed by atoms with Crippen LogP contribution in [0.15, 0.2) is 53.3 Å². The highest BCUT2D eigenvalue weighted by atomic mass is 19.1. The molecule has 4 heterocycles. The van der Waals surface area contributed by atoms with Crippen molar-refractivity contribution in [2.75, 3.05) is 51.4 Å². The number of hydrogen-bond acceptors (Lipinski definition) is 7. The summed E-state index contributed by atoms with van der Waals surface area (Å²) in [5, 5.41) is 11.7. The van der Waals surface area contributed by atoms with E-state index in [2.05, 4.69) is 37.2 Å². The van der Waals surface area contributed by atoms with E-state index in [1.54, 1.807) is 6.07 Å². The van der Waals surface area contributed by atoms with Crippen LogP contribution in [0, 0.1) is 5.82 Å². The van der Waals surface area contributed by atoms with Gasteiger partial charge in [-0.1, -0.05) is 18.2 Å². The van der Waals surface area contributed by atoms with E-state index in [0.717, 1.165) is 55.3 Å². The molecule has 2 saturated heterocycles. The first kappa shape index (κ1) is 21.8. The third-order valence-corrected chi connectivity index (χ3v) is 6.78. The standard InChI is InChI=1S/C25H25FN6O3/c1-34-21-4-2-3-19(26)25(21)32-22(33)13-20-24(29-32)23(28-27-20)16-5-7-17(8-6-16)30-9-11-31(12-10-30)18-14-35-15-18/h2-8,13,18,27H,9-12,14-15H2,1H3. The Balaban J connectivity index is 1.30. The number of nitrogens with zero attached hydrogens (tertiary/aromatic N) is 5. The predicted octanol–water partition coefficient (Wildman–Crippen LogP) is 2.44. The molecule has 4 aromatic rings. The van der Waals surface area contributed by atoms with Gasteiger partial charge in [0.2, 0.25) is 0 Å². The van der Waals surface area contributed by atoms with Crippen molar-refractivity contribution < 1.29 is 13.9 Å². The Bertz CT molecular complexity index is 1420. The van der Waals surface area contributed by atoms with E-state index in [1.165, 1.54) is 25.3 Å². The summed E-state index contributed by atoms with van der Waals surface area (Å²) < 4.78 is 26.3. The molecule has 10 heteroatoms. The second kappa shape index (κ2) is 8.79. The predicted molar refractivity (Wildman–Crippen MR) is 130 cm³/mol. The second-order valence-corrected chi connectivity index (χ2v) is 8.78. The van der Waals surface area contributed by atoms with Crippen LogP contribution in [-0.4, -0.2) is 77.4 Å². The Morgan fingerprint density at radius 3 is 2.54 bits per heavy atom. The highest BCUT2D eigenvalue weighted by molar-refractivity contribution is 5.89. The average Bonchev–Trinajstić information content (AvgIpc) is 3.25. The van der Waals surface area contributed by atoms with Crippen LogP contribution in [0.5, 0.6) is 5.75 Å². The molecule has 6 rings (SSSR count). The molecule has 2 aliphatic heterocycles. The minimum atomic E-state index is -0.599. The molecule has 1 N–H and O–H groups in total. The molecule has 0 amide bonds. The highest BCUT2D eigenvalue weighted by Gasteiger charge is 2.29. The zero-order valence-electron chi connectivity index (χ0n) is 19.3. The van der Waals surface area contributed by atoms with Crippen molar-refractivity contribution >= 4 is 16.7 Å². The molecule has 0 bridgehead atoms. The van der Waals surface area contributed by atoms with Crippen LogP contribution in [0.3, 0.4) is 0 Å². The molecule has 2 aromatic heterocycles. The van der Waals surface area contributed by atoms with Crippen LogP contribution < -0.4 is 15.2 Å². The van der Waals surface area contributed by atoms with Crippen LogP contribution in [0.1, 0.15) is 0 Å². The number of rotatable bonds is 5. The smallest absolute Gasteiger partial charge is 0.273 e. The van der Waals surface area contributed by atoms with Crippen molar-refractivity contribution in [3.8, 4) is 22.7 Å². The molecule has 0 radical (unpaired) electrons. The van der Waals surface area contributed by atoms with Crippen LogP contribution in [0.2, 0.25) is 0 Å². The lowest BCUT2D eigenvalue weighted by Crippen LogP contribution is -2.56. The first-order valence-corrected chi connectivity index (χ1v) is 11.6. The Morgan fingerprint density at radius 1 is 1.09 bits per heavy atom. The van der Waals surface area contributed by atoms with Gasteiger partial charge >= 0.3 is 0 Å². The van der Waals surface area contributed by atoms with Crippen LogP contribution in [-0.2, 0) is 4.74 Å². The largest absolute Gasteiger partial charge is 0.494 e. The van der Waals surface area contributed by atoms with Gasteiger partial charge in [-0.2, -0.15) is 14.9 Å². The first-order chi connectivity index (χ1) is 17.1. The number of halogens is 1. The number of benzene rings is 2. The number of aromatic amines is 1. The summed E-state index contributed by atoms with van der Waals surface area (Å²) in [6.07, 6.45) is 0. The Kier molecular flexibility index (Phi) is 5.46. The van der Waals surface area contributed by atoms with Gasteiger partial charge in [-0.05, 0) is 24.3 Å². The van der Waals surface area contributed by atoms with Crippen molar-refractivity contribution in [1.29, 1.82) is 0 Å². The summed E-state index contributed by atoms with van der Waals surface area (Å²) in [5.41, 5.74) is 3.03. The minimum absolute atomic E-state index is 0.0306. The summed E-state index contributed by atoms with van der Waals surface area (Å²) >= 11 is 0. The third-order valence-electron chi connectivity index (χ3n) is 6.78. The maximum atomic E-state index is 14.6. The number of para-hydroxylation sites is 1. The SMILES string of the molecule is COc1cccc(F)c1-n1nc2c(-c3ccc(N4CCN(C5COC5)CC4)cc3)n[nH]c2cc1=O. The molecule has 2 fully saturated rings. The van der Waals surface area contributed by atoms with E-state index in [0.29, 0.717) is 22.8 Å².